The van der Waals surface area contributed by atoms with Gasteiger partial charge in [0.25, 0.3) is 0 Å². The Balaban J connectivity index is 1.75. The highest BCUT2D eigenvalue weighted by Gasteiger charge is 2.14. The van der Waals surface area contributed by atoms with Gasteiger partial charge in [-0.1, -0.05) is 67.8 Å². The van der Waals surface area contributed by atoms with E-state index in [1.54, 1.807) is 24.3 Å². The highest BCUT2D eigenvalue weighted by molar-refractivity contribution is 5.91. The number of benzene rings is 3. The SMILES string of the molecule is C=Cc1ccc(-c2ccc(OC(=O)c3ccc(C=C)cc3F)cc2)cc1. The van der Waals surface area contributed by atoms with Gasteiger partial charge in [-0.2, -0.15) is 0 Å². The zero-order valence-corrected chi connectivity index (χ0v) is 14.1. The minimum atomic E-state index is -0.735. The van der Waals surface area contributed by atoms with Crippen LogP contribution in [-0.4, -0.2) is 5.97 Å². The summed E-state index contributed by atoms with van der Waals surface area (Å²) < 4.78 is 19.2. The number of rotatable bonds is 5. The molecule has 0 aliphatic rings. The molecule has 0 saturated heterocycles. The Hall–Kier alpha value is -3.46. The van der Waals surface area contributed by atoms with E-state index < -0.39 is 11.8 Å². The van der Waals surface area contributed by atoms with E-state index in [1.165, 1.54) is 18.2 Å². The summed E-state index contributed by atoms with van der Waals surface area (Å²) in [5, 5.41) is 0. The lowest BCUT2D eigenvalue weighted by Crippen LogP contribution is -2.10. The molecule has 3 rings (SSSR count). The zero-order chi connectivity index (χ0) is 18.5. The molecule has 0 aliphatic heterocycles. The Morgan fingerprint density at radius 2 is 1.35 bits per heavy atom. The van der Waals surface area contributed by atoms with E-state index in [0.717, 1.165) is 16.7 Å². The molecule has 0 heterocycles. The summed E-state index contributed by atoms with van der Waals surface area (Å²) in [6.45, 7) is 7.30. The predicted octanol–water partition coefficient (Wildman–Crippen LogP) is 6.00. The monoisotopic (exact) mass is 344 g/mol. The van der Waals surface area contributed by atoms with Crippen LogP contribution in [0, 0.1) is 5.82 Å². The second-order valence-corrected chi connectivity index (χ2v) is 5.68. The molecular formula is C23H17FO2. The van der Waals surface area contributed by atoms with Crippen LogP contribution < -0.4 is 4.74 Å². The molecule has 2 nitrogen and oxygen atoms in total. The summed E-state index contributed by atoms with van der Waals surface area (Å²) in [5.74, 6) is -1.01. The highest BCUT2D eigenvalue weighted by atomic mass is 19.1. The standard InChI is InChI=1S/C23H17FO2/c1-3-16-5-8-18(9-6-16)19-10-12-20(13-11-19)26-23(25)21-14-7-17(4-2)15-22(21)24/h3-15H,1-2H2. The van der Waals surface area contributed by atoms with Gasteiger partial charge in [0, 0.05) is 0 Å². The molecule has 0 fully saturated rings. The number of ether oxygens (including phenoxy) is 1. The smallest absolute Gasteiger partial charge is 0.346 e. The number of carbonyl (C=O) groups is 1. The van der Waals surface area contributed by atoms with Crippen molar-refractivity contribution >= 4 is 18.1 Å². The van der Waals surface area contributed by atoms with Crippen LogP contribution >= 0.6 is 0 Å². The number of hydrogen-bond acceptors (Lipinski definition) is 2. The molecule has 26 heavy (non-hydrogen) atoms. The van der Waals surface area contributed by atoms with Gasteiger partial charge in [-0.3, -0.25) is 0 Å². The van der Waals surface area contributed by atoms with Gasteiger partial charge in [0.2, 0.25) is 0 Å². The number of carbonyl (C=O) groups excluding carboxylic acids is 1. The Morgan fingerprint density at radius 3 is 1.88 bits per heavy atom. The zero-order valence-electron chi connectivity index (χ0n) is 14.1. The Bertz CT molecular complexity index is 955. The summed E-state index contributed by atoms with van der Waals surface area (Å²) >= 11 is 0. The number of esters is 1. The summed E-state index contributed by atoms with van der Waals surface area (Å²) in [7, 11) is 0. The fraction of sp³-hybridized carbons (Fsp3) is 0. The predicted molar refractivity (Wildman–Crippen MR) is 103 cm³/mol. The summed E-state index contributed by atoms with van der Waals surface area (Å²) in [5.41, 5.74) is 3.57. The van der Waals surface area contributed by atoms with Crippen molar-refractivity contribution in [2.45, 2.75) is 0 Å². The fourth-order valence-electron chi connectivity index (χ4n) is 2.51. The average molecular weight is 344 g/mol. The van der Waals surface area contributed by atoms with Gasteiger partial charge in [-0.05, 0) is 46.5 Å². The van der Waals surface area contributed by atoms with Gasteiger partial charge in [0.15, 0.2) is 0 Å². The second kappa shape index (κ2) is 7.62. The molecule has 0 bridgehead atoms. The third kappa shape index (κ3) is 3.78. The van der Waals surface area contributed by atoms with Gasteiger partial charge in [-0.15, -0.1) is 0 Å². The summed E-state index contributed by atoms with van der Waals surface area (Å²) in [4.78, 5) is 12.2. The maximum Gasteiger partial charge on any atom is 0.346 e. The second-order valence-electron chi connectivity index (χ2n) is 5.68. The maximum atomic E-state index is 14.0. The fourth-order valence-corrected chi connectivity index (χ4v) is 2.51. The van der Waals surface area contributed by atoms with Crippen LogP contribution in [0.15, 0.2) is 79.9 Å². The minimum Gasteiger partial charge on any atom is -0.423 e. The average Bonchev–Trinajstić information content (AvgIpc) is 2.68. The van der Waals surface area contributed by atoms with E-state index in [-0.39, 0.29) is 5.56 Å². The van der Waals surface area contributed by atoms with Gasteiger partial charge in [0.1, 0.15) is 11.6 Å². The molecular weight excluding hydrogens is 327 g/mol. The van der Waals surface area contributed by atoms with Gasteiger partial charge in [-0.25, -0.2) is 9.18 Å². The lowest BCUT2D eigenvalue weighted by molar-refractivity contribution is 0.0730. The molecule has 0 N–H and O–H groups in total. The molecule has 128 valence electrons. The first kappa shape index (κ1) is 17.4. The van der Waals surface area contributed by atoms with Crippen molar-refractivity contribution in [3.8, 4) is 16.9 Å². The van der Waals surface area contributed by atoms with Crippen molar-refractivity contribution in [1.82, 2.24) is 0 Å². The van der Waals surface area contributed by atoms with E-state index >= 15 is 0 Å². The van der Waals surface area contributed by atoms with Crippen molar-refractivity contribution in [3.63, 3.8) is 0 Å². The van der Waals surface area contributed by atoms with Crippen LogP contribution in [-0.2, 0) is 0 Å². The Labute approximate surface area is 151 Å². The van der Waals surface area contributed by atoms with E-state index in [1.807, 2.05) is 36.4 Å². The first-order valence-electron chi connectivity index (χ1n) is 8.08. The molecule has 0 amide bonds. The van der Waals surface area contributed by atoms with Crippen molar-refractivity contribution < 1.29 is 13.9 Å². The van der Waals surface area contributed by atoms with Gasteiger partial charge >= 0.3 is 5.97 Å². The van der Waals surface area contributed by atoms with Crippen molar-refractivity contribution in [2.24, 2.45) is 0 Å². The van der Waals surface area contributed by atoms with Gasteiger partial charge < -0.3 is 4.74 Å². The molecule has 0 atom stereocenters. The number of hydrogen-bond donors (Lipinski definition) is 0. The third-order valence-corrected chi connectivity index (χ3v) is 3.99. The van der Waals surface area contributed by atoms with Crippen molar-refractivity contribution in [3.05, 3.63) is 102 Å². The van der Waals surface area contributed by atoms with E-state index in [0.29, 0.717) is 11.3 Å². The molecule has 3 heteroatoms. The number of halogens is 1. The first-order valence-corrected chi connectivity index (χ1v) is 8.08. The van der Waals surface area contributed by atoms with E-state index in [9.17, 15) is 9.18 Å². The molecule has 0 spiro atoms. The van der Waals surface area contributed by atoms with Crippen LogP contribution in [0.2, 0.25) is 0 Å². The normalized spacial score (nSPS) is 10.2. The largest absolute Gasteiger partial charge is 0.423 e. The maximum absolute atomic E-state index is 14.0. The van der Waals surface area contributed by atoms with E-state index in [2.05, 4.69) is 13.2 Å². The van der Waals surface area contributed by atoms with Crippen molar-refractivity contribution in [1.29, 1.82) is 0 Å². The molecule has 0 aromatic heterocycles. The highest BCUT2D eigenvalue weighted by Crippen LogP contribution is 2.24. The molecule has 0 radical (unpaired) electrons. The topological polar surface area (TPSA) is 26.3 Å². The summed E-state index contributed by atoms with van der Waals surface area (Å²) in [6, 6.07) is 19.3. The van der Waals surface area contributed by atoms with Crippen LogP contribution in [0.3, 0.4) is 0 Å². The lowest BCUT2D eigenvalue weighted by Gasteiger charge is -2.07. The van der Waals surface area contributed by atoms with Gasteiger partial charge in [0.05, 0.1) is 5.56 Å². The Kier molecular flexibility index (Phi) is 5.09. The molecule has 0 unspecified atom stereocenters. The summed E-state index contributed by atoms with van der Waals surface area (Å²) in [6.07, 6.45) is 3.30. The molecule has 0 saturated carbocycles. The van der Waals surface area contributed by atoms with Crippen LogP contribution in [0.4, 0.5) is 4.39 Å². The Morgan fingerprint density at radius 1 is 0.808 bits per heavy atom. The lowest BCUT2D eigenvalue weighted by atomic mass is 10.0. The molecule has 3 aromatic carbocycles. The molecule has 0 aliphatic carbocycles. The van der Waals surface area contributed by atoms with Crippen LogP contribution in [0.25, 0.3) is 23.3 Å². The van der Waals surface area contributed by atoms with Crippen molar-refractivity contribution in [2.75, 3.05) is 0 Å². The first-order chi connectivity index (χ1) is 12.6. The minimum absolute atomic E-state index is 0.111. The third-order valence-electron chi connectivity index (χ3n) is 3.99. The van der Waals surface area contributed by atoms with Crippen LogP contribution in [0.1, 0.15) is 21.5 Å². The van der Waals surface area contributed by atoms with E-state index in [4.69, 9.17) is 4.74 Å². The quantitative estimate of drug-likeness (QED) is 0.419. The van der Waals surface area contributed by atoms with Crippen LogP contribution in [0.5, 0.6) is 5.75 Å². The molecule has 3 aromatic rings.